The molecule has 1 aromatic heterocycles. The molecule has 2 aromatic rings. The molecule has 5 heteroatoms. The number of furan rings is 1. The monoisotopic (exact) mass is 304 g/mol. The Kier molecular flexibility index (Phi) is 2.12. The van der Waals surface area contributed by atoms with Crippen LogP contribution in [0.5, 0.6) is 5.75 Å². The van der Waals surface area contributed by atoms with Gasteiger partial charge < -0.3 is 9.15 Å². The van der Waals surface area contributed by atoms with E-state index in [1.807, 2.05) is 31.2 Å². The Bertz CT molecular complexity index is 995. The molecule has 5 nitrogen and oxygen atoms in total. The summed E-state index contributed by atoms with van der Waals surface area (Å²) in [7, 11) is 0. The third-order valence-corrected chi connectivity index (χ3v) is 4.84. The van der Waals surface area contributed by atoms with E-state index in [2.05, 4.69) is 9.98 Å². The van der Waals surface area contributed by atoms with Gasteiger partial charge in [0.25, 0.3) is 0 Å². The van der Waals surface area contributed by atoms with E-state index in [0.717, 1.165) is 16.6 Å². The van der Waals surface area contributed by atoms with Gasteiger partial charge in [0.2, 0.25) is 0 Å². The van der Waals surface area contributed by atoms with Gasteiger partial charge in [0.1, 0.15) is 11.3 Å². The van der Waals surface area contributed by atoms with Crippen LogP contribution in [0, 0.1) is 5.41 Å². The summed E-state index contributed by atoms with van der Waals surface area (Å²) in [5.41, 5.74) is 0.758. The standard InChI is InChI=1S/C18H12N2O3/c1-11-8-17-3-4-19-9-18(17,10-20-11)16(21)23-15-7-14-12(2-5-22-14)6-13(15)17/h2-10H,1H3. The van der Waals surface area contributed by atoms with Crippen LogP contribution in [-0.4, -0.2) is 18.4 Å². The molecule has 2 unspecified atom stereocenters. The molecule has 4 heterocycles. The maximum absolute atomic E-state index is 12.8. The molecule has 0 fully saturated rings. The summed E-state index contributed by atoms with van der Waals surface area (Å²) in [5, 5.41) is 0.967. The summed E-state index contributed by atoms with van der Waals surface area (Å²) in [6.07, 6.45) is 10.6. The van der Waals surface area contributed by atoms with Crippen molar-refractivity contribution in [3.8, 4) is 5.75 Å². The first kappa shape index (κ1) is 12.6. The van der Waals surface area contributed by atoms with Crippen molar-refractivity contribution >= 4 is 29.4 Å². The van der Waals surface area contributed by atoms with Crippen LogP contribution in [0.3, 0.4) is 0 Å². The van der Waals surface area contributed by atoms with Gasteiger partial charge in [-0.15, -0.1) is 0 Å². The van der Waals surface area contributed by atoms with E-state index >= 15 is 0 Å². The minimum Gasteiger partial charge on any atom is -0.464 e. The van der Waals surface area contributed by atoms with Crippen LogP contribution in [0.25, 0.3) is 11.0 Å². The molecule has 0 saturated carbocycles. The largest absolute Gasteiger partial charge is 0.464 e. The number of benzene rings is 1. The lowest BCUT2D eigenvalue weighted by Gasteiger charge is -2.47. The Hall–Kier alpha value is -2.95. The number of hydrogen-bond acceptors (Lipinski definition) is 5. The van der Waals surface area contributed by atoms with Crippen molar-refractivity contribution in [2.24, 2.45) is 15.4 Å². The summed E-state index contributed by atoms with van der Waals surface area (Å²) in [5.74, 6) is 0.142. The number of carbonyl (C=O) groups is 1. The summed E-state index contributed by atoms with van der Waals surface area (Å²) in [4.78, 5) is 21.4. The zero-order valence-electron chi connectivity index (χ0n) is 12.3. The highest BCUT2D eigenvalue weighted by molar-refractivity contribution is 6.17. The number of carbonyl (C=O) groups excluding carboxylic acids is 1. The van der Waals surface area contributed by atoms with Crippen molar-refractivity contribution in [3.63, 3.8) is 0 Å². The van der Waals surface area contributed by atoms with Crippen molar-refractivity contribution < 1.29 is 13.9 Å². The van der Waals surface area contributed by atoms with E-state index in [1.165, 1.54) is 0 Å². The van der Waals surface area contributed by atoms with Crippen molar-refractivity contribution in [1.29, 1.82) is 0 Å². The SMILES string of the molecule is CC1=CC23C=CN=CC2(C=N1)C(=O)Oc1cc2occc2cc13. The minimum absolute atomic E-state index is 0.378. The first-order valence-electron chi connectivity index (χ1n) is 7.35. The summed E-state index contributed by atoms with van der Waals surface area (Å²) in [6.45, 7) is 1.92. The van der Waals surface area contributed by atoms with E-state index in [4.69, 9.17) is 9.15 Å². The molecular weight excluding hydrogens is 292 g/mol. The molecule has 112 valence electrons. The Labute approximate surface area is 131 Å². The van der Waals surface area contributed by atoms with Crippen LogP contribution >= 0.6 is 0 Å². The molecule has 0 N–H and O–H groups in total. The van der Waals surface area contributed by atoms with Crippen LogP contribution in [0.4, 0.5) is 0 Å². The van der Waals surface area contributed by atoms with Gasteiger partial charge in [0.05, 0.1) is 11.7 Å². The second-order valence-corrected chi connectivity index (χ2v) is 6.07. The van der Waals surface area contributed by atoms with Gasteiger partial charge in [-0.05, 0) is 31.2 Å². The molecule has 0 radical (unpaired) electrons. The number of esters is 1. The Morgan fingerprint density at radius 2 is 2.09 bits per heavy atom. The highest BCUT2D eigenvalue weighted by atomic mass is 16.5. The number of aliphatic imine (C=N–C) groups is 2. The maximum atomic E-state index is 12.8. The Morgan fingerprint density at radius 3 is 3.00 bits per heavy atom. The lowest BCUT2D eigenvalue weighted by Crippen LogP contribution is -2.58. The molecule has 0 bridgehead atoms. The number of rotatable bonds is 0. The van der Waals surface area contributed by atoms with Crippen molar-refractivity contribution in [1.82, 2.24) is 0 Å². The van der Waals surface area contributed by atoms with Crippen LogP contribution in [0.1, 0.15) is 12.5 Å². The van der Waals surface area contributed by atoms with Crippen LogP contribution in [-0.2, 0) is 10.2 Å². The zero-order valence-corrected chi connectivity index (χ0v) is 12.3. The van der Waals surface area contributed by atoms with Crippen molar-refractivity contribution in [2.45, 2.75) is 12.3 Å². The van der Waals surface area contributed by atoms with E-state index in [-0.39, 0.29) is 5.97 Å². The van der Waals surface area contributed by atoms with Gasteiger partial charge in [-0.2, -0.15) is 0 Å². The number of nitrogens with zero attached hydrogens (tertiary/aromatic N) is 2. The predicted molar refractivity (Wildman–Crippen MR) is 85.8 cm³/mol. The third-order valence-electron chi connectivity index (χ3n) is 4.84. The quantitative estimate of drug-likeness (QED) is 0.554. The molecule has 1 aromatic carbocycles. The Balaban J connectivity index is 1.92. The van der Waals surface area contributed by atoms with E-state index in [9.17, 15) is 4.79 Å². The molecule has 2 atom stereocenters. The van der Waals surface area contributed by atoms with Gasteiger partial charge in [-0.25, -0.2) is 0 Å². The van der Waals surface area contributed by atoms with Crippen molar-refractivity contribution in [3.05, 3.63) is 54.1 Å². The highest BCUT2D eigenvalue weighted by Crippen LogP contribution is 2.54. The Morgan fingerprint density at radius 1 is 1.17 bits per heavy atom. The fourth-order valence-electron chi connectivity index (χ4n) is 3.69. The van der Waals surface area contributed by atoms with Crippen molar-refractivity contribution in [2.75, 3.05) is 0 Å². The normalized spacial score (nSPS) is 30.5. The van der Waals surface area contributed by atoms with Gasteiger partial charge in [-0.3, -0.25) is 14.8 Å². The molecule has 0 aliphatic carbocycles. The molecule has 0 saturated heterocycles. The fraction of sp³-hybridized carbons (Fsp3) is 0.167. The summed E-state index contributed by atoms with van der Waals surface area (Å²) >= 11 is 0. The first-order valence-corrected chi connectivity index (χ1v) is 7.35. The smallest absolute Gasteiger partial charge is 0.330 e. The van der Waals surface area contributed by atoms with Gasteiger partial charge >= 0.3 is 5.97 Å². The summed E-state index contributed by atoms with van der Waals surface area (Å²) < 4.78 is 11.1. The number of fused-ring (bicyclic) bond motifs is 2. The van der Waals surface area contributed by atoms with E-state index in [0.29, 0.717) is 11.3 Å². The average Bonchev–Trinajstić information content (AvgIpc) is 3.00. The van der Waals surface area contributed by atoms with Gasteiger partial charge in [-0.1, -0.05) is 0 Å². The predicted octanol–water partition coefficient (Wildman–Crippen LogP) is 3.16. The minimum atomic E-state index is -1.04. The molecule has 5 rings (SSSR count). The van der Waals surface area contributed by atoms with Crippen LogP contribution in [0.15, 0.2) is 62.9 Å². The second kappa shape index (κ2) is 3.87. The molecular formula is C18H12N2O3. The third kappa shape index (κ3) is 1.35. The van der Waals surface area contributed by atoms with E-state index < -0.39 is 10.8 Å². The fourth-order valence-corrected chi connectivity index (χ4v) is 3.69. The molecule has 23 heavy (non-hydrogen) atoms. The molecule has 0 amide bonds. The van der Waals surface area contributed by atoms with Crippen LogP contribution in [0.2, 0.25) is 0 Å². The molecule has 3 aliphatic rings. The first-order chi connectivity index (χ1) is 11.1. The maximum Gasteiger partial charge on any atom is 0.330 e. The highest BCUT2D eigenvalue weighted by Gasteiger charge is 2.60. The zero-order chi connectivity index (χ0) is 15.7. The van der Waals surface area contributed by atoms with Gasteiger partial charge in [0, 0.05) is 41.3 Å². The molecule has 0 spiro atoms. The van der Waals surface area contributed by atoms with E-state index in [1.54, 1.807) is 31.0 Å². The van der Waals surface area contributed by atoms with Gasteiger partial charge in [0.15, 0.2) is 5.41 Å². The lowest BCUT2D eigenvalue weighted by atomic mass is 9.57. The summed E-state index contributed by atoms with van der Waals surface area (Å²) in [6, 6.07) is 5.69. The molecule has 3 aliphatic heterocycles. The average molecular weight is 304 g/mol. The number of ether oxygens (including phenoxy) is 1. The van der Waals surface area contributed by atoms with Crippen LogP contribution < -0.4 is 4.74 Å². The lowest BCUT2D eigenvalue weighted by molar-refractivity contribution is -0.141. The second-order valence-electron chi connectivity index (χ2n) is 6.07. The number of hydrogen-bond donors (Lipinski definition) is 0. The topological polar surface area (TPSA) is 64.2 Å². The number of allylic oxidation sites excluding steroid dienone is 3.